The molecular formula is C15H18O4. The van der Waals surface area contributed by atoms with Crippen LogP contribution in [0.25, 0.3) is 0 Å². The Morgan fingerprint density at radius 3 is 2.95 bits per heavy atom. The summed E-state index contributed by atoms with van der Waals surface area (Å²) in [6.45, 7) is 5.62. The molecule has 2 rings (SSSR count). The van der Waals surface area contributed by atoms with Gasteiger partial charge < -0.3 is 9.84 Å². The minimum absolute atomic E-state index is 0.127. The van der Waals surface area contributed by atoms with Gasteiger partial charge in [-0.25, -0.2) is 9.59 Å². The van der Waals surface area contributed by atoms with Crippen LogP contribution in [0.4, 0.5) is 0 Å². The van der Waals surface area contributed by atoms with Crippen molar-refractivity contribution in [3.8, 4) is 0 Å². The first kappa shape index (κ1) is 13.6. The fourth-order valence-corrected chi connectivity index (χ4v) is 2.51. The van der Waals surface area contributed by atoms with E-state index in [4.69, 9.17) is 9.84 Å². The maximum atomic E-state index is 11.7. The van der Waals surface area contributed by atoms with Crippen molar-refractivity contribution in [1.82, 2.24) is 0 Å². The number of rotatable bonds is 2. The average molecular weight is 262 g/mol. The Bertz CT molecular complexity index is 484. The summed E-state index contributed by atoms with van der Waals surface area (Å²) < 4.78 is 5.26. The van der Waals surface area contributed by atoms with Crippen LogP contribution >= 0.6 is 0 Å². The van der Waals surface area contributed by atoms with Gasteiger partial charge in [-0.3, -0.25) is 0 Å². The zero-order valence-corrected chi connectivity index (χ0v) is 11.0. The van der Waals surface area contributed by atoms with E-state index >= 15 is 0 Å². The molecule has 1 N–H and O–H groups in total. The number of carboxylic acid groups (broad SMARTS) is 1. The summed E-state index contributed by atoms with van der Waals surface area (Å²) >= 11 is 0. The molecule has 0 unspecified atom stereocenters. The minimum atomic E-state index is -0.964. The van der Waals surface area contributed by atoms with Crippen molar-refractivity contribution in [1.29, 1.82) is 0 Å². The summed E-state index contributed by atoms with van der Waals surface area (Å²) in [5, 5.41) is 9.05. The molecule has 0 fully saturated rings. The van der Waals surface area contributed by atoms with Crippen LogP contribution in [0.2, 0.25) is 0 Å². The number of hydrogen-bond acceptors (Lipinski definition) is 3. The molecule has 0 saturated carbocycles. The van der Waals surface area contributed by atoms with E-state index < -0.39 is 5.97 Å². The number of allylic oxidation sites excluding steroid dienone is 1. The number of ether oxygens (including phenoxy) is 1. The smallest absolute Gasteiger partial charge is 0.334 e. The molecule has 0 amide bonds. The summed E-state index contributed by atoms with van der Waals surface area (Å²) in [6, 6.07) is 0. The predicted molar refractivity (Wildman–Crippen MR) is 70.5 cm³/mol. The Labute approximate surface area is 112 Å². The molecule has 4 heteroatoms. The van der Waals surface area contributed by atoms with Gasteiger partial charge in [0, 0.05) is 17.6 Å². The lowest BCUT2D eigenvalue weighted by Gasteiger charge is -2.16. The molecule has 4 nitrogen and oxygen atoms in total. The van der Waals surface area contributed by atoms with Gasteiger partial charge in [0.2, 0.25) is 0 Å². The monoisotopic (exact) mass is 262 g/mol. The third kappa shape index (κ3) is 3.13. The molecule has 1 aliphatic heterocycles. The highest BCUT2D eigenvalue weighted by Crippen LogP contribution is 2.30. The molecule has 2 bridgehead atoms. The molecule has 102 valence electrons. The first-order valence-corrected chi connectivity index (χ1v) is 6.46. The average Bonchev–Trinajstić information content (AvgIpc) is 2.67. The molecule has 0 aromatic carbocycles. The van der Waals surface area contributed by atoms with Crippen LogP contribution < -0.4 is 0 Å². The molecule has 1 aliphatic carbocycles. The van der Waals surface area contributed by atoms with Gasteiger partial charge in [-0.2, -0.15) is 0 Å². The Kier molecular flexibility index (Phi) is 3.88. The van der Waals surface area contributed by atoms with Crippen LogP contribution in [0.1, 0.15) is 32.6 Å². The van der Waals surface area contributed by atoms with Crippen LogP contribution in [0, 0.1) is 5.92 Å². The molecule has 0 aromatic heterocycles. The Hall–Kier alpha value is -1.84. The predicted octanol–water partition coefficient (Wildman–Crippen LogP) is 2.62. The fourth-order valence-electron chi connectivity index (χ4n) is 2.51. The van der Waals surface area contributed by atoms with Crippen LogP contribution in [-0.4, -0.2) is 23.1 Å². The highest BCUT2D eigenvalue weighted by molar-refractivity contribution is 5.91. The molecule has 2 atom stereocenters. The Morgan fingerprint density at radius 1 is 1.53 bits per heavy atom. The van der Waals surface area contributed by atoms with Crippen LogP contribution in [0.15, 0.2) is 35.5 Å². The second kappa shape index (κ2) is 5.43. The van der Waals surface area contributed by atoms with E-state index in [1.807, 2.05) is 19.1 Å². The first-order chi connectivity index (χ1) is 8.97. The Morgan fingerprint density at radius 2 is 2.26 bits per heavy atom. The van der Waals surface area contributed by atoms with E-state index in [1.165, 1.54) is 0 Å². The fraction of sp³-hybridized carbons (Fsp3) is 0.467. The van der Waals surface area contributed by atoms with Gasteiger partial charge >= 0.3 is 11.9 Å². The molecule has 2 aliphatic rings. The number of carbonyl (C=O) groups excluding carboxylic acids is 1. The number of fused-ring (bicyclic) bond motifs is 1. The number of carbonyl (C=O) groups is 2. The molecule has 0 spiro atoms. The van der Waals surface area contributed by atoms with Crippen molar-refractivity contribution < 1.29 is 19.4 Å². The minimum Gasteiger partial charge on any atom is -0.478 e. The summed E-state index contributed by atoms with van der Waals surface area (Å²) in [6.07, 6.45) is 6.25. The Balaban J connectivity index is 2.19. The molecule has 0 aromatic rings. The summed E-state index contributed by atoms with van der Waals surface area (Å²) in [5.41, 5.74) is 2.00. The van der Waals surface area contributed by atoms with Gasteiger partial charge in [0.1, 0.15) is 6.10 Å². The largest absolute Gasteiger partial charge is 0.478 e. The zero-order valence-electron chi connectivity index (χ0n) is 11.0. The van der Waals surface area contributed by atoms with Crippen molar-refractivity contribution in [3.63, 3.8) is 0 Å². The van der Waals surface area contributed by atoms with Gasteiger partial charge in [-0.05, 0) is 38.2 Å². The van der Waals surface area contributed by atoms with E-state index in [1.54, 1.807) is 0 Å². The lowest BCUT2D eigenvalue weighted by molar-refractivity contribution is -0.139. The molecular weight excluding hydrogens is 244 g/mol. The topological polar surface area (TPSA) is 63.6 Å². The van der Waals surface area contributed by atoms with Gasteiger partial charge in [0.05, 0.1) is 0 Å². The number of esters is 1. The highest BCUT2D eigenvalue weighted by Gasteiger charge is 2.28. The second-order valence-electron chi connectivity index (χ2n) is 5.19. The van der Waals surface area contributed by atoms with E-state index in [0.717, 1.165) is 5.57 Å². The van der Waals surface area contributed by atoms with E-state index in [2.05, 4.69) is 6.58 Å². The van der Waals surface area contributed by atoms with Crippen molar-refractivity contribution >= 4 is 11.9 Å². The van der Waals surface area contributed by atoms with Gasteiger partial charge in [-0.1, -0.05) is 18.2 Å². The molecule has 1 heterocycles. The lowest BCUT2D eigenvalue weighted by Crippen LogP contribution is -2.12. The molecule has 19 heavy (non-hydrogen) atoms. The van der Waals surface area contributed by atoms with Crippen molar-refractivity contribution in [3.05, 3.63) is 35.5 Å². The first-order valence-electron chi connectivity index (χ1n) is 6.46. The van der Waals surface area contributed by atoms with Crippen LogP contribution in [0.5, 0.6) is 0 Å². The number of hydrogen-bond donors (Lipinski definition) is 1. The molecule has 0 saturated heterocycles. The third-order valence-electron chi connectivity index (χ3n) is 3.71. The van der Waals surface area contributed by atoms with Crippen molar-refractivity contribution in [2.45, 2.75) is 38.7 Å². The van der Waals surface area contributed by atoms with E-state index in [-0.39, 0.29) is 23.6 Å². The van der Waals surface area contributed by atoms with Crippen LogP contribution in [-0.2, 0) is 14.3 Å². The lowest BCUT2D eigenvalue weighted by atomic mass is 9.88. The normalized spacial score (nSPS) is 29.8. The maximum Gasteiger partial charge on any atom is 0.334 e. The zero-order chi connectivity index (χ0) is 14.0. The summed E-state index contributed by atoms with van der Waals surface area (Å²) in [5.74, 6) is -1.35. The van der Waals surface area contributed by atoms with E-state index in [9.17, 15) is 9.59 Å². The quantitative estimate of drug-likeness (QED) is 0.472. The van der Waals surface area contributed by atoms with Crippen molar-refractivity contribution in [2.24, 2.45) is 5.92 Å². The summed E-state index contributed by atoms with van der Waals surface area (Å²) in [4.78, 5) is 22.7. The van der Waals surface area contributed by atoms with E-state index in [0.29, 0.717) is 31.3 Å². The van der Waals surface area contributed by atoms with Gasteiger partial charge in [0.25, 0.3) is 0 Å². The standard InChI is InChI=1S/C15H18O4/c1-9-3-4-11(10(2)14(16)17)5-6-12-8-13(7-9)19-15(12)18/h3,8,11,13H,2,4-7H2,1H3,(H,16,17)/b9-3+/t11-,13+/m0/s1. The van der Waals surface area contributed by atoms with Crippen LogP contribution in [0.3, 0.4) is 0 Å². The third-order valence-corrected chi connectivity index (χ3v) is 3.71. The number of carboxylic acids is 1. The van der Waals surface area contributed by atoms with Crippen molar-refractivity contribution in [2.75, 3.05) is 0 Å². The maximum absolute atomic E-state index is 11.7. The van der Waals surface area contributed by atoms with Gasteiger partial charge in [-0.15, -0.1) is 0 Å². The highest BCUT2D eigenvalue weighted by atomic mass is 16.5. The number of aliphatic carboxylic acids is 1. The van der Waals surface area contributed by atoms with Gasteiger partial charge in [0.15, 0.2) is 0 Å². The summed E-state index contributed by atoms with van der Waals surface area (Å²) in [7, 11) is 0. The second-order valence-corrected chi connectivity index (χ2v) is 5.19. The SMILES string of the molecule is C=C(C(=O)O)[C@H]1C/C=C(\C)C[C@@H]2C=C(CC1)C(=O)O2. The molecule has 0 radical (unpaired) electrons.